The number of nitrogens with two attached hydrogens (primary N) is 1. The van der Waals surface area contributed by atoms with Crippen LogP contribution in [0.5, 0.6) is 5.75 Å². The average Bonchev–Trinajstić information content (AvgIpc) is 3.06. The van der Waals surface area contributed by atoms with E-state index in [0.29, 0.717) is 17.3 Å². The highest BCUT2D eigenvalue weighted by Crippen LogP contribution is 2.30. The van der Waals surface area contributed by atoms with Crippen LogP contribution in [-0.4, -0.2) is 37.1 Å². The Morgan fingerprint density at radius 2 is 2.15 bits per heavy atom. The lowest BCUT2D eigenvalue weighted by Crippen LogP contribution is -2.01. The molecule has 8 nitrogen and oxygen atoms in total. The zero-order valence-electron chi connectivity index (χ0n) is 11.1. The molecule has 0 amide bonds. The molecule has 0 spiro atoms. The molecular formula is C12H13N7O. The third kappa shape index (κ3) is 1.96. The van der Waals surface area contributed by atoms with Crippen molar-refractivity contribution < 1.29 is 4.74 Å². The van der Waals surface area contributed by atoms with E-state index < -0.39 is 0 Å². The van der Waals surface area contributed by atoms with Crippen molar-refractivity contribution in [1.29, 1.82) is 0 Å². The smallest absolute Gasteiger partial charge is 0.191 e. The SMILES string of the molecule is COc1ccc(N)cc1-c1nnnn1-c1cnn(C)c1. The highest BCUT2D eigenvalue weighted by Gasteiger charge is 2.16. The summed E-state index contributed by atoms with van der Waals surface area (Å²) < 4.78 is 8.60. The largest absolute Gasteiger partial charge is 0.496 e. The van der Waals surface area contributed by atoms with Crippen LogP contribution in [0.2, 0.25) is 0 Å². The fraction of sp³-hybridized carbons (Fsp3) is 0.167. The molecule has 0 aliphatic rings. The molecule has 2 N–H and O–H groups in total. The summed E-state index contributed by atoms with van der Waals surface area (Å²) in [6.45, 7) is 0. The van der Waals surface area contributed by atoms with Gasteiger partial charge in [0.25, 0.3) is 0 Å². The number of aryl methyl sites for hydroxylation is 1. The first-order chi connectivity index (χ1) is 9.69. The first-order valence-electron chi connectivity index (χ1n) is 5.90. The maximum atomic E-state index is 5.83. The van der Waals surface area contributed by atoms with E-state index in [2.05, 4.69) is 20.6 Å². The molecule has 0 atom stereocenters. The number of nitrogens with zero attached hydrogens (tertiary/aromatic N) is 6. The summed E-state index contributed by atoms with van der Waals surface area (Å²) in [5, 5.41) is 15.9. The Morgan fingerprint density at radius 1 is 1.30 bits per heavy atom. The molecule has 8 heteroatoms. The van der Waals surface area contributed by atoms with Gasteiger partial charge in [-0.25, -0.2) is 0 Å². The van der Waals surface area contributed by atoms with Gasteiger partial charge in [0.2, 0.25) is 0 Å². The van der Waals surface area contributed by atoms with Gasteiger partial charge >= 0.3 is 0 Å². The quantitative estimate of drug-likeness (QED) is 0.703. The van der Waals surface area contributed by atoms with Crippen molar-refractivity contribution in [2.24, 2.45) is 7.05 Å². The highest BCUT2D eigenvalue weighted by molar-refractivity contribution is 5.69. The van der Waals surface area contributed by atoms with Gasteiger partial charge in [0.15, 0.2) is 5.82 Å². The predicted molar refractivity (Wildman–Crippen MR) is 72.3 cm³/mol. The minimum absolute atomic E-state index is 0.544. The van der Waals surface area contributed by atoms with Crippen molar-refractivity contribution >= 4 is 5.69 Å². The molecule has 3 rings (SSSR count). The van der Waals surface area contributed by atoms with Gasteiger partial charge < -0.3 is 10.5 Å². The van der Waals surface area contributed by atoms with E-state index in [9.17, 15) is 0 Å². The number of hydrogen-bond acceptors (Lipinski definition) is 6. The number of methoxy groups -OCH3 is 1. The van der Waals surface area contributed by atoms with Crippen LogP contribution in [0.15, 0.2) is 30.6 Å². The molecule has 0 aliphatic heterocycles. The fourth-order valence-electron chi connectivity index (χ4n) is 1.95. The number of rotatable bonds is 3. The number of tetrazole rings is 1. The molecule has 3 aromatic rings. The van der Waals surface area contributed by atoms with E-state index >= 15 is 0 Å². The number of hydrogen-bond donors (Lipinski definition) is 1. The predicted octanol–water partition coefficient (Wildman–Crippen LogP) is 0.654. The molecule has 0 radical (unpaired) electrons. The Morgan fingerprint density at radius 3 is 2.85 bits per heavy atom. The van der Waals surface area contributed by atoms with E-state index in [4.69, 9.17) is 10.5 Å². The van der Waals surface area contributed by atoms with Crippen LogP contribution < -0.4 is 10.5 Å². The van der Waals surface area contributed by atoms with Gasteiger partial charge in [0.05, 0.1) is 25.1 Å². The summed E-state index contributed by atoms with van der Waals surface area (Å²) in [5.41, 5.74) is 7.93. The van der Waals surface area contributed by atoms with Crippen molar-refractivity contribution in [3.8, 4) is 22.8 Å². The lowest BCUT2D eigenvalue weighted by atomic mass is 10.1. The second-order valence-corrected chi connectivity index (χ2v) is 4.25. The normalized spacial score (nSPS) is 10.7. The first kappa shape index (κ1) is 12.2. The van der Waals surface area contributed by atoms with Crippen LogP contribution in [0.1, 0.15) is 0 Å². The van der Waals surface area contributed by atoms with Crippen molar-refractivity contribution in [1.82, 2.24) is 30.0 Å². The van der Waals surface area contributed by atoms with Gasteiger partial charge in [0, 0.05) is 12.7 Å². The number of aromatic nitrogens is 6. The van der Waals surface area contributed by atoms with Gasteiger partial charge in [-0.15, -0.1) is 5.10 Å². The lowest BCUT2D eigenvalue weighted by molar-refractivity contribution is 0.416. The molecule has 0 aliphatic carbocycles. The van der Waals surface area contributed by atoms with Crippen LogP contribution in [0.25, 0.3) is 17.1 Å². The Balaban J connectivity index is 2.17. The van der Waals surface area contributed by atoms with Crippen molar-refractivity contribution in [2.45, 2.75) is 0 Å². The maximum absolute atomic E-state index is 5.83. The van der Waals surface area contributed by atoms with Gasteiger partial charge in [-0.2, -0.15) is 9.78 Å². The number of anilines is 1. The standard InChI is InChI=1S/C12H13N7O/c1-18-7-9(6-14-18)19-12(15-16-17-19)10-5-8(13)3-4-11(10)20-2/h3-7H,13H2,1-2H3. The Hall–Kier alpha value is -2.90. The van der Waals surface area contributed by atoms with Crippen LogP contribution in [0.3, 0.4) is 0 Å². The van der Waals surface area contributed by atoms with Crippen LogP contribution in [0, 0.1) is 0 Å². The van der Waals surface area contributed by atoms with Crippen LogP contribution in [-0.2, 0) is 7.05 Å². The van der Waals surface area contributed by atoms with Crippen LogP contribution in [0.4, 0.5) is 5.69 Å². The molecule has 20 heavy (non-hydrogen) atoms. The molecule has 0 fully saturated rings. The molecule has 2 heterocycles. The van der Waals surface area contributed by atoms with E-state index in [1.165, 1.54) is 0 Å². The Kier molecular flexibility index (Phi) is 2.82. The second kappa shape index (κ2) is 4.65. The van der Waals surface area contributed by atoms with Crippen molar-refractivity contribution in [2.75, 3.05) is 12.8 Å². The maximum Gasteiger partial charge on any atom is 0.191 e. The molecule has 102 valence electrons. The van der Waals surface area contributed by atoms with E-state index in [-0.39, 0.29) is 0 Å². The fourth-order valence-corrected chi connectivity index (χ4v) is 1.95. The first-order valence-corrected chi connectivity index (χ1v) is 5.90. The van der Waals surface area contributed by atoms with E-state index in [1.807, 2.05) is 13.2 Å². The molecule has 0 bridgehead atoms. The van der Waals surface area contributed by atoms with Crippen molar-refractivity contribution in [3.63, 3.8) is 0 Å². The van der Waals surface area contributed by atoms with Gasteiger partial charge in [-0.05, 0) is 28.6 Å². The van der Waals surface area contributed by atoms with Crippen LogP contribution >= 0.6 is 0 Å². The monoisotopic (exact) mass is 271 g/mol. The number of ether oxygens (including phenoxy) is 1. The molecule has 0 unspecified atom stereocenters. The molecule has 0 saturated carbocycles. The Bertz CT molecular complexity index is 746. The topological polar surface area (TPSA) is 96.7 Å². The zero-order valence-corrected chi connectivity index (χ0v) is 11.1. The molecule has 0 saturated heterocycles. The summed E-state index contributed by atoms with van der Waals surface area (Å²) >= 11 is 0. The van der Waals surface area contributed by atoms with Gasteiger partial charge in [-0.3, -0.25) is 4.68 Å². The molecular weight excluding hydrogens is 258 g/mol. The zero-order chi connectivity index (χ0) is 14.1. The second-order valence-electron chi connectivity index (χ2n) is 4.25. The third-order valence-corrected chi connectivity index (χ3v) is 2.87. The van der Waals surface area contributed by atoms with E-state index in [0.717, 1.165) is 11.3 Å². The van der Waals surface area contributed by atoms with Gasteiger partial charge in [-0.1, -0.05) is 0 Å². The van der Waals surface area contributed by atoms with E-state index in [1.54, 1.807) is 40.9 Å². The summed E-state index contributed by atoms with van der Waals surface area (Å²) in [6, 6.07) is 5.32. The lowest BCUT2D eigenvalue weighted by Gasteiger charge is -2.08. The number of benzene rings is 1. The minimum atomic E-state index is 0.544. The van der Waals surface area contributed by atoms with Gasteiger partial charge in [0.1, 0.15) is 11.4 Å². The Labute approximate surface area is 114 Å². The molecule has 2 aromatic heterocycles. The average molecular weight is 271 g/mol. The third-order valence-electron chi connectivity index (χ3n) is 2.87. The minimum Gasteiger partial charge on any atom is -0.496 e. The highest BCUT2D eigenvalue weighted by atomic mass is 16.5. The van der Waals surface area contributed by atoms with Crippen molar-refractivity contribution in [3.05, 3.63) is 30.6 Å². The molecule has 1 aromatic carbocycles. The summed E-state index contributed by atoms with van der Waals surface area (Å²) in [4.78, 5) is 0. The number of nitrogen functional groups attached to an aromatic ring is 1. The summed E-state index contributed by atoms with van der Waals surface area (Å²) in [6.07, 6.45) is 3.50. The summed E-state index contributed by atoms with van der Waals surface area (Å²) in [5.74, 6) is 1.20. The summed E-state index contributed by atoms with van der Waals surface area (Å²) in [7, 11) is 3.42.